The predicted molar refractivity (Wildman–Crippen MR) is 141 cm³/mol. The zero-order chi connectivity index (χ0) is 25.8. The molecule has 1 fully saturated rings. The van der Waals surface area contributed by atoms with Crippen LogP contribution < -0.4 is 10.2 Å². The Morgan fingerprint density at radius 1 is 1.20 bits per heavy atom. The zero-order valence-corrected chi connectivity index (χ0v) is 22.3. The maximum atomic E-state index is 14.0. The van der Waals surface area contributed by atoms with E-state index in [1.54, 1.807) is 11.0 Å². The molecule has 1 aromatic rings. The van der Waals surface area contributed by atoms with Crippen LogP contribution >= 0.6 is 11.8 Å². The molecule has 1 saturated heterocycles. The van der Waals surface area contributed by atoms with Crippen LogP contribution in [0.25, 0.3) is 6.08 Å². The fourth-order valence-corrected chi connectivity index (χ4v) is 4.47. The number of rotatable bonds is 8. The Hall–Kier alpha value is -2.43. The van der Waals surface area contributed by atoms with Gasteiger partial charge in [0.05, 0.1) is 4.91 Å². The third-order valence-electron chi connectivity index (χ3n) is 5.63. The summed E-state index contributed by atoms with van der Waals surface area (Å²) in [7, 11) is 0. The van der Waals surface area contributed by atoms with E-state index in [1.807, 2.05) is 25.8 Å². The van der Waals surface area contributed by atoms with Crippen molar-refractivity contribution in [1.82, 2.24) is 20.2 Å². The number of likely N-dealkylation sites (N-methyl/N-ethyl adjacent to an activating group) is 2. The largest absolute Gasteiger partial charge is 0.415 e. The first-order chi connectivity index (χ1) is 16.9. The van der Waals surface area contributed by atoms with Crippen molar-refractivity contribution in [2.75, 3.05) is 45.8 Å². The minimum Gasteiger partial charge on any atom is -0.409 e. The number of hydrazine groups is 1. The van der Waals surface area contributed by atoms with Gasteiger partial charge in [-0.05, 0) is 62.8 Å². The summed E-state index contributed by atoms with van der Waals surface area (Å²) in [5.41, 5.74) is 3.68. The van der Waals surface area contributed by atoms with Gasteiger partial charge < -0.3 is 14.5 Å². The molecule has 2 heterocycles. The number of thioether (sulfide) groups is 1. The number of amidine groups is 1. The van der Waals surface area contributed by atoms with Gasteiger partial charge >= 0.3 is 6.09 Å². The summed E-state index contributed by atoms with van der Waals surface area (Å²) in [5.74, 6) is -0.809. The number of nitrogens with zero attached hydrogens (tertiary/aromatic N) is 4. The van der Waals surface area contributed by atoms with Gasteiger partial charge in [-0.1, -0.05) is 27.7 Å². The highest BCUT2D eigenvalue weighted by Crippen LogP contribution is 2.33. The Labute approximate surface area is 212 Å². The number of benzene rings is 1. The van der Waals surface area contributed by atoms with Crippen molar-refractivity contribution >= 4 is 35.0 Å². The second kappa shape index (κ2) is 14.9. The molecule has 0 aromatic heterocycles. The summed E-state index contributed by atoms with van der Waals surface area (Å²) in [6.45, 7) is 15.1. The molecular weight excluding hydrogens is 469 g/mol. The van der Waals surface area contributed by atoms with Crippen molar-refractivity contribution in [3.63, 3.8) is 0 Å². The van der Waals surface area contributed by atoms with E-state index >= 15 is 0 Å². The van der Waals surface area contributed by atoms with Gasteiger partial charge in [0.25, 0.3) is 5.91 Å². The van der Waals surface area contributed by atoms with Gasteiger partial charge in [0.15, 0.2) is 5.17 Å². The fourth-order valence-electron chi connectivity index (χ4n) is 3.56. The molecule has 0 aliphatic carbocycles. The van der Waals surface area contributed by atoms with Crippen LogP contribution in [0.5, 0.6) is 5.75 Å². The van der Waals surface area contributed by atoms with Gasteiger partial charge in [-0.25, -0.2) is 14.6 Å². The molecule has 2 aliphatic heterocycles. The van der Waals surface area contributed by atoms with Gasteiger partial charge in [0, 0.05) is 44.4 Å². The number of aliphatic imine (C=N–C) groups is 1. The molecule has 194 valence electrons. The lowest BCUT2D eigenvalue weighted by molar-refractivity contribution is -0.113. The molecule has 1 aromatic carbocycles. The average molecular weight is 508 g/mol. The van der Waals surface area contributed by atoms with E-state index < -0.39 is 11.9 Å². The van der Waals surface area contributed by atoms with E-state index in [0.29, 0.717) is 28.7 Å². The highest BCUT2D eigenvalue weighted by atomic mass is 32.2. The number of hydrogen-bond donors (Lipinski definition) is 1. The van der Waals surface area contributed by atoms with Crippen molar-refractivity contribution in [2.45, 2.75) is 47.5 Å². The van der Waals surface area contributed by atoms with E-state index in [0.717, 1.165) is 45.6 Å². The van der Waals surface area contributed by atoms with E-state index in [2.05, 4.69) is 29.2 Å². The van der Waals surface area contributed by atoms with Crippen LogP contribution in [0.15, 0.2) is 28.1 Å². The summed E-state index contributed by atoms with van der Waals surface area (Å²) in [6, 6.07) is 3.95. The Morgan fingerprint density at radius 2 is 1.94 bits per heavy atom. The lowest BCUT2D eigenvalue weighted by atomic mass is 10.2. The third kappa shape index (κ3) is 8.33. The summed E-state index contributed by atoms with van der Waals surface area (Å²) < 4.78 is 19.6. The summed E-state index contributed by atoms with van der Waals surface area (Å²) in [6.07, 6.45) is 3.16. The molecule has 8 nitrogen and oxygen atoms in total. The first-order valence-electron chi connectivity index (χ1n) is 12.5. The van der Waals surface area contributed by atoms with Crippen LogP contribution in [0, 0.1) is 5.82 Å². The standard InChI is InChI=1S/C23H32FN5O3S.C2H6/c1-4-27(5-2)13-14-28(6-3)23(31)32-19-16-18(24)10-9-17(19)15-20-21(30)26-22(33-20)29-12-8-7-11-25-29;1-2/h9-10,15-16,25H,4-8,11-14H2,1-3H3;1-2H3/b20-15+;. The molecule has 0 atom stereocenters. The third-order valence-corrected chi connectivity index (χ3v) is 6.64. The molecule has 0 bridgehead atoms. The summed E-state index contributed by atoms with van der Waals surface area (Å²) in [5, 5.41) is 2.48. The molecule has 35 heavy (non-hydrogen) atoms. The van der Waals surface area contributed by atoms with Crippen LogP contribution in [0.2, 0.25) is 0 Å². The van der Waals surface area contributed by atoms with Crippen LogP contribution in [0.4, 0.5) is 9.18 Å². The van der Waals surface area contributed by atoms with Crippen molar-refractivity contribution < 1.29 is 18.7 Å². The van der Waals surface area contributed by atoms with Gasteiger partial charge in [0.1, 0.15) is 11.6 Å². The average Bonchev–Trinajstić information content (AvgIpc) is 3.25. The first kappa shape index (κ1) is 28.8. The van der Waals surface area contributed by atoms with E-state index in [-0.39, 0.29) is 11.7 Å². The number of halogens is 1. The first-order valence-corrected chi connectivity index (χ1v) is 13.3. The number of carbonyl (C=O) groups is 2. The topological polar surface area (TPSA) is 77.5 Å². The predicted octanol–water partition coefficient (Wildman–Crippen LogP) is 4.59. The van der Waals surface area contributed by atoms with Crippen molar-refractivity contribution in [3.8, 4) is 5.75 Å². The van der Waals surface area contributed by atoms with Crippen LogP contribution in [0.1, 0.15) is 53.0 Å². The lowest BCUT2D eigenvalue weighted by Gasteiger charge is -2.28. The van der Waals surface area contributed by atoms with E-state index in [9.17, 15) is 14.0 Å². The van der Waals surface area contributed by atoms with Gasteiger partial charge in [-0.2, -0.15) is 4.99 Å². The monoisotopic (exact) mass is 507 g/mol. The summed E-state index contributed by atoms with van der Waals surface area (Å²) >= 11 is 1.25. The molecule has 0 unspecified atom stereocenters. The van der Waals surface area contributed by atoms with Gasteiger partial charge in [-0.15, -0.1) is 0 Å². The maximum absolute atomic E-state index is 14.0. The van der Waals surface area contributed by atoms with Crippen LogP contribution in [-0.4, -0.2) is 77.8 Å². The van der Waals surface area contributed by atoms with Crippen molar-refractivity contribution in [1.29, 1.82) is 0 Å². The maximum Gasteiger partial charge on any atom is 0.415 e. The van der Waals surface area contributed by atoms with Gasteiger partial charge in [0.2, 0.25) is 0 Å². The van der Waals surface area contributed by atoms with Crippen LogP contribution in [0.3, 0.4) is 0 Å². The van der Waals surface area contributed by atoms with Crippen molar-refractivity contribution in [3.05, 3.63) is 34.5 Å². The lowest BCUT2D eigenvalue weighted by Crippen LogP contribution is -2.45. The SMILES string of the molecule is CC.CCN(CC)CCN(CC)C(=O)Oc1cc(F)ccc1/C=C1/SC(N2CCCCN2)=NC1=O. The van der Waals surface area contributed by atoms with E-state index in [4.69, 9.17) is 4.74 Å². The summed E-state index contributed by atoms with van der Waals surface area (Å²) in [4.78, 5) is 33.6. The van der Waals surface area contributed by atoms with Gasteiger partial charge in [-0.3, -0.25) is 9.80 Å². The Morgan fingerprint density at radius 3 is 2.57 bits per heavy atom. The van der Waals surface area contributed by atoms with Crippen molar-refractivity contribution in [2.24, 2.45) is 4.99 Å². The molecule has 2 aliphatic rings. The van der Waals surface area contributed by atoms with E-state index in [1.165, 1.54) is 30.0 Å². The minimum atomic E-state index is -0.547. The molecule has 2 amide bonds. The Bertz CT molecular complexity index is 914. The molecule has 1 N–H and O–H groups in total. The number of nitrogens with one attached hydrogen (secondary N) is 1. The minimum absolute atomic E-state index is 0.0757. The zero-order valence-electron chi connectivity index (χ0n) is 21.5. The number of carbonyl (C=O) groups excluding carboxylic acids is 2. The molecule has 0 spiro atoms. The number of ether oxygens (including phenoxy) is 1. The molecular formula is C25H38FN5O3S. The Balaban J connectivity index is 0.00000210. The molecule has 3 rings (SSSR count). The normalized spacial score (nSPS) is 16.8. The second-order valence-corrected chi connectivity index (χ2v) is 8.74. The second-order valence-electron chi connectivity index (χ2n) is 7.73. The fraction of sp³-hybridized carbons (Fsp3) is 0.560. The smallest absolute Gasteiger partial charge is 0.409 e. The molecule has 0 radical (unpaired) electrons. The number of hydrogen-bond acceptors (Lipinski definition) is 7. The quantitative estimate of drug-likeness (QED) is 0.516. The van der Waals surface area contributed by atoms with Crippen LogP contribution in [-0.2, 0) is 4.79 Å². The molecule has 0 saturated carbocycles. The Kier molecular flexibility index (Phi) is 12.2. The molecule has 10 heteroatoms. The number of amides is 2. The highest BCUT2D eigenvalue weighted by molar-refractivity contribution is 8.18. The highest BCUT2D eigenvalue weighted by Gasteiger charge is 2.27.